The smallest absolute Gasteiger partial charge is 0.255 e. The van der Waals surface area contributed by atoms with Crippen molar-refractivity contribution in [2.75, 3.05) is 19.0 Å². The maximum Gasteiger partial charge on any atom is 0.255 e. The van der Waals surface area contributed by atoms with Crippen LogP contribution in [-0.2, 0) is 27.2 Å². The number of aliphatic hydroxyl groups is 3. The van der Waals surface area contributed by atoms with Crippen LogP contribution in [0.15, 0.2) is 47.2 Å². The summed E-state index contributed by atoms with van der Waals surface area (Å²) in [5.74, 6) is -6.26. The van der Waals surface area contributed by atoms with Crippen molar-refractivity contribution in [3.05, 3.63) is 63.9 Å². The largest absolute Gasteiger partial charge is 0.508 e. The Morgan fingerprint density at radius 1 is 1.11 bits per heavy atom. The minimum atomic E-state index is -2.57. The van der Waals surface area contributed by atoms with E-state index in [0.717, 1.165) is 16.8 Å². The molecule has 0 heterocycles. The number of phenols is 1. The molecule has 6 N–H and O–H groups in total. The molecule has 3 aliphatic carbocycles. The molecule has 0 saturated heterocycles. The predicted octanol–water partition coefficient (Wildman–Crippen LogP) is 2.72. The van der Waals surface area contributed by atoms with E-state index in [-0.39, 0.29) is 36.1 Å². The van der Waals surface area contributed by atoms with Crippen molar-refractivity contribution < 1.29 is 34.8 Å². The van der Waals surface area contributed by atoms with Crippen molar-refractivity contribution in [3.8, 4) is 16.9 Å². The summed E-state index contributed by atoms with van der Waals surface area (Å²) in [5, 5.41) is 44.7. The number of hydrogen-bond donors (Lipinski definition) is 5. The van der Waals surface area contributed by atoms with Crippen LogP contribution in [0.1, 0.15) is 36.5 Å². The monoisotopic (exact) mass is 518 g/mol. The van der Waals surface area contributed by atoms with Crippen molar-refractivity contribution in [2.24, 2.45) is 17.6 Å². The van der Waals surface area contributed by atoms with E-state index in [2.05, 4.69) is 0 Å². The highest BCUT2D eigenvalue weighted by Crippen LogP contribution is 2.53. The van der Waals surface area contributed by atoms with E-state index in [1.54, 1.807) is 0 Å². The molecule has 38 heavy (non-hydrogen) atoms. The third-order valence-electron chi connectivity index (χ3n) is 8.22. The van der Waals surface area contributed by atoms with E-state index in [1.807, 2.05) is 56.3 Å². The lowest BCUT2D eigenvalue weighted by molar-refractivity contribution is -0.147. The van der Waals surface area contributed by atoms with Crippen molar-refractivity contribution >= 4 is 28.9 Å². The Morgan fingerprint density at radius 2 is 1.76 bits per heavy atom. The molecule has 0 aliphatic heterocycles. The molecule has 3 atom stereocenters. The Balaban J connectivity index is 1.72. The van der Waals surface area contributed by atoms with Crippen LogP contribution in [0.5, 0.6) is 5.75 Å². The van der Waals surface area contributed by atoms with Gasteiger partial charge in [-0.1, -0.05) is 19.1 Å². The summed E-state index contributed by atoms with van der Waals surface area (Å²) in [5.41, 5.74) is 5.76. The van der Waals surface area contributed by atoms with Crippen LogP contribution in [0.2, 0.25) is 0 Å². The number of primary amides is 1. The van der Waals surface area contributed by atoms with Crippen molar-refractivity contribution in [3.63, 3.8) is 0 Å². The second-order valence-corrected chi connectivity index (χ2v) is 10.5. The van der Waals surface area contributed by atoms with Crippen LogP contribution < -0.4 is 10.6 Å². The third-order valence-corrected chi connectivity index (χ3v) is 8.22. The number of hydrogen-bond acceptors (Lipinski definition) is 8. The van der Waals surface area contributed by atoms with Gasteiger partial charge in [0.15, 0.2) is 11.4 Å². The van der Waals surface area contributed by atoms with Crippen LogP contribution >= 0.6 is 0 Å². The van der Waals surface area contributed by atoms with E-state index in [0.29, 0.717) is 17.5 Å². The minimum absolute atomic E-state index is 0.0955. The van der Waals surface area contributed by atoms with Crippen LogP contribution in [0.4, 0.5) is 5.69 Å². The van der Waals surface area contributed by atoms with E-state index < -0.39 is 52.0 Å². The summed E-state index contributed by atoms with van der Waals surface area (Å²) >= 11 is 0. The first-order chi connectivity index (χ1) is 17.9. The number of phenolic OH excluding ortho intramolecular Hbond substituents is 1. The molecule has 0 aromatic heterocycles. The Labute approximate surface area is 219 Å². The molecule has 0 bridgehead atoms. The number of fused-ring (bicyclic) bond motifs is 3. The van der Waals surface area contributed by atoms with E-state index >= 15 is 0 Å². The van der Waals surface area contributed by atoms with Crippen molar-refractivity contribution in [1.82, 2.24) is 0 Å². The molecule has 3 aliphatic rings. The quantitative estimate of drug-likeness (QED) is 0.386. The van der Waals surface area contributed by atoms with Gasteiger partial charge in [-0.3, -0.25) is 14.4 Å². The summed E-state index contributed by atoms with van der Waals surface area (Å²) in [6.45, 7) is 1.86. The van der Waals surface area contributed by atoms with Gasteiger partial charge in [0.1, 0.15) is 22.8 Å². The fourth-order valence-corrected chi connectivity index (χ4v) is 6.21. The molecule has 9 heteroatoms. The van der Waals surface area contributed by atoms with Gasteiger partial charge in [0.05, 0.1) is 5.56 Å². The lowest BCUT2D eigenvalue weighted by atomic mass is 9.59. The van der Waals surface area contributed by atoms with Gasteiger partial charge in [-0.15, -0.1) is 0 Å². The molecule has 2 aromatic rings. The highest BCUT2D eigenvalue weighted by atomic mass is 16.3. The summed E-state index contributed by atoms with van der Waals surface area (Å²) in [4.78, 5) is 40.1. The number of benzene rings is 2. The molecule has 2 aromatic carbocycles. The summed E-state index contributed by atoms with van der Waals surface area (Å²) in [6, 6.07) is 9.73. The Kier molecular flexibility index (Phi) is 5.87. The zero-order valence-electron chi connectivity index (χ0n) is 21.4. The van der Waals surface area contributed by atoms with Crippen LogP contribution in [-0.4, -0.2) is 57.6 Å². The van der Waals surface area contributed by atoms with Crippen LogP contribution in [0, 0.1) is 11.8 Å². The summed E-state index contributed by atoms with van der Waals surface area (Å²) in [6.07, 6.45) is 0.470. The number of amides is 1. The average Bonchev–Trinajstić information content (AvgIpc) is 2.86. The van der Waals surface area contributed by atoms with Crippen LogP contribution in [0.25, 0.3) is 16.9 Å². The van der Waals surface area contributed by atoms with Gasteiger partial charge in [0.25, 0.3) is 5.91 Å². The molecule has 198 valence electrons. The van der Waals surface area contributed by atoms with Gasteiger partial charge in [0, 0.05) is 37.7 Å². The fraction of sp³-hybridized carbons (Fsp3) is 0.345. The van der Waals surface area contributed by atoms with Crippen molar-refractivity contribution in [2.45, 2.75) is 38.2 Å². The summed E-state index contributed by atoms with van der Waals surface area (Å²) < 4.78 is 0. The summed E-state index contributed by atoms with van der Waals surface area (Å²) in [7, 11) is 3.88. The van der Waals surface area contributed by atoms with Gasteiger partial charge >= 0.3 is 0 Å². The van der Waals surface area contributed by atoms with Crippen LogP contribution in [0.3, 0.4) is 0 Å². The second-order valence-electron chi connectivity index (χ2n) is 10.5. The number of Topliss-reactive ketones (excluding diaryl/α,β-unsaturated/α-hetero) is 2. The van der Waals surface area contributed by atoms with E-state index in [4.69, 9.17) is 5.73 Å². The first-order valence-corrected chi connectivity index (χ1v) is 12.5. The van der Waals surface area contributed by atoms with Gasteiger partial charge < -0.3 is 31.1 Å². The Hall–Kier alpha value is -4.11. The lowest BCUT2D eigenvalue weighted by Crippen LogP contribution is -2.58. The standard InChI is InChI=1S/C29H30N2O7/c1-4-13-10-18(14-5-7-17(8-6-14)31(2)3)19-11-15-9-16-12-20(32)23(28(30)37)27(36)29(16,38)26(35)21(15)25(34)22(19)24(13)33/h5-8,10,15-16,33-34,36,38H,4,9,11-12H2,1-3H3,(H2,30,37). The molecule has 0 radical (unpaired) electrons. The van der Waals surface area contributed by atoms with Gasteiger partial charge in [-0.2, -0.15) is 0 Å². The van der Waals surface area contributed by atoms with Crippen molar-refractivity contribution in [1.29, 1.82) is 0 Å². The van der Waals surface area contributed by atoms with Gasteiger partial charge in [-0.25, -0.2) is 0 Å². The Morgan fingerprint density at radius 3 is 2.34 bits per heavy atom. The zero-order chi connectivity index (χ0) is 27.7. The highest BCUT2D eigenvalue weighted by Gasteiger charge is 2.60. The molecule has 5 rings (SSSR count). The normalized spacial score (nSPS) is 24.6. The number of rotatable bonds is 4. The molecule has 3 unspecified atom stereocenters. The maximum absolute atomic E-state index is 13.7. The molecule has 0 spiro atoms. The Bertz CT molecular complexity index is 1470. The molecular formula is C29H30N2O7. The molecular weight excluding hydrogens is 488 g/mol. The minimum Gasteiger partial charge on any atom is -0.508 e. The maximum atomic E-state index is 13.7. The van der Waals surface area contributed by atoms with Gasteiger partial charge in [0.2, 0.25) is 5.78 Å². The number of nitrogens with two attached hydrogens (primary N) is 1. The number of aromatic hydroxyl groups is 1. The van der Waals surface area contributed by atoms with Gasteiger partial charge in [-0.05, 0) is 65.6 Å². The first kappa shape index (κ1) is 25.5. The SMILES string of the molecule is CCc1cc(-c2ccc(N(C)C)cc2)c2c(c1O)C(O)=C1C(=O)C3(O)C(O)=C(C(N)=O)C(=O)CC3CC1C2. The predicted molar refractivity (Wildman–Crippen MR) is 141 cm³/mol. The average molecular weight is 519 g/mol. The number of carbonyl (C=O) groups is 3. The number of anilines is 1. The molecule has 1 fully saturated rings. The highest BCUT2D eigenvalue weighted by molar-refractivity contribution is 6.22. The molecule has 1 amide bonds. The number of aryl methyl sites for hydroxylation is 1. The second kappa shape index (κ2) is 8.73. The first-order valence-electron chi connectivity index (χ1n) is 12.5. The number of nitrogens with zero attached hydrogens (tertiary/aromatic N) is 1. The fourth-order valence-electron chi connectivity index (χ4n) is 6.21. The number of carbonyl (C=O) groups excluding carboxylic acids is 3. The molecule has 9 nitrogen and oxygen atoms in total. The zero-order valence-corrected chi connectivity index (χ0v) is 21.4. The van der Waals surface area contributed by atoms with E-state index in [1.165, 1.54) is 0 Å². The lowest BCUT2D eigenvalue weighted by Gasteiger charge is -2.46. The topological polar surface area (TPSA) is 161 Å². The number of aliphatic hydroxyl groups excluding tert-OH is 2. The van der Waals surface area contributed by atoms with E-state index in [9.17, 15) is 34.8 Å². The molecule has 1 saturated carbocycles. The number of ketones is 2. The third kappa shape index (κ3) is 3.45.